The van der Waals surface area contributed by atoms with Gasteiger partial charge in [0, 0.05) is 6.04 Å². The normalized spacial score (nSPS) is 23.8. The highest BCUT2D eigenvalue weighted by molar-refractivity contribution is 5.06. The molecule has 0 aromatic carbocycles. The third-order valence-corrected chi connectivity index (χ3v) is 3.45. The van der Waals surface area contributed by atoms with Crippen LogP contribution in [0.5, 0.6) is 0 Å². The lowest BCUT2D eigenvalue weighted by molar-refractivity contribution is 0.358. The zero-order valence-electron chi connectivity index (χ0n) is 10.3. The van der Waals surface area contributed by atoms with Crippen LogP contribution >= 0.6 is 0 Å². The maximum atomic E-state index is 5.56. The Morgan fingerprint density at radius 3 is 2.75 bits per heavy atom. The van der Waals surface area contributed by atoms with E-state index in [1.54, 1.807) is 0 Å². The number of nitrogens with one attached hydrogen (secondary N) is 1. The van der Waals surface area contributed by atoms with Crippen molar-refractivity contribution in [2.24, 2.45) is 11.1 Å². The monoisotopic (exact) mass is 222 g/mol. The molecular formula is C13H22N2O. The van der Waals surface area contributed by atoms with Crippen LogP contribution in [0.4, 0.5) is 0 Å². The van der Waals surface area contributed by atoms with Crippen LogP contribution in [0, 0.1) is 5.41 Å². The van der Waals surface area contributed by atoms with Crippen molar-refractivity contribution in [3.63, 3.8) is 0 Å². The van der Waals surface area contributed by atoms with E-state index in [1.807, 2.05) is 12.1 Å². The van der Waals surface area contributed by atoms with Gasteiger partial charge in [0.2, 0.25) is 0 Å². The van der Waals surface area contributed by atoms with E-state index < -0.39 is 0 Å². The lowest BCUT2D eigenvalue weighted by Gasteiger charge is -2.17. The van der Waals surface area contributed by atoms with Crippen LogP contribution in [0.2, 0.25) is 0 Å². The van der Waals surface area contributed by atoms with Crippen LogP contribution in [-0.2, 0) is 13.1 Å². The maximum absolute atomic E-state index is 5.56. The average molecular weight is 222 g/mol. The molecule has 3 N–H and O–H groups in total. The molecule has 90 valence electrons. The van der Waals surface area contributed by atoms with Crippen LogP contribution in [0.1, 0.15) is 44.6 Å². The second-order valence-corrected chi connectivity index (χ2v) is 5.56. The summed E-state index contributed by atoms with van der Waals surface area (Å²) in [5.41, 5.74) is 6.01. The van der Waals surface area contributed by atoms with Crippen LogP contribution in [0.15, 0.2) is 16.5 Å². The number of nitrogens with two attached hydrogens (primary N) is 1. The summed E-state index contributed by atoms with van der Waals surface area (Å²) in [4.78, 5) is 0. The fourth-order valence-electron chi connectivity index (χ4n) is 2.48. The molecule has 1 saturated carbocycles. The van der Waals surface area contributed by atoms with E-state index in [9.17, 15) is 0 Å². The van der Waals surface area contributed by atoms with Crippen molar-refractivity contribution in [3.05, 3.63) is 23.7 Å². The van der Waals surface area contributed by atoms with Gasteiger partial charge in [-0.15, -0.1) is 0 Å². The first-order valence-corrected chi connectivity index (χ1v) is 6.10. The number of rotatable bonds is 4. The van der Waals surface area contributed by atoms with Crippen molar-refractivity contribution < 1.29 is 4.42 Å². The van der Waals surface area contributed by atoms with E-state index in [-0.39, 0.29) is 0 Å². The molecule has 3 nitrogen and oxygen atoms in total. The molecule has 3 heteroatoms. The van der Waals surface area contributed by atoms with Gasteiger partial charge >= 0.3 is 0 Å². The van der Waals surface area contributed by atoms with E-state index in [1.165, 1.54) is 19.3 Å². The summed E-state index contributed by atoms with van der Waals surface area (Å²) in [6, 6.07) is 4.60. The average Bonchev–Trinajstić information content (AvgIpc) is 2.81. The van der Waals surface area contributed by atoms with E-state index in [4.69, 9.17) is 10.2 Å². The Hall–Kier alpha value is -0.800. The minimum Gasteiger partial charge on any atom is -0.463 e. The second kappa shape index (κ2) is 4.60. The van der Waals surface area contributed by atoms with Crippen molar-refractivity contribution in [3.8, 4) is 0 Å². The molecule has 2 rings (SSSR count). The van der Waals surface area contributed by atoms with Crippen molar-refractivity contribution in [2.75, 3.05) is 0 Å². The Morgan fingerprint density at radius 2 is 2.19 bits per heavy atom. The molecule has 16 heavy (non-hydrogen) atoms. The number of hydrogen-bond donors (Lipinski definition) is 2. The molecule has 0 spiro atoms. The predicted octanol–water partition coefficient (Wildman–Crippen LogP) is 2.41. The minimum atomic E-state index is 0.483. The Kier molecular flexibility index (Phi) is 3.36. The second-order valence-electron chi connectivity index (χ2n) is 5.56. The molecule has 1 atom stereocenters. The van der Waals surface area contributed by atoms with Crippen molar-refractivity contribution in [1.29, 1.82) is 0 Å². The SMILES string of the molecule is CC1(C)CCC(NCc2ccc(CN)o2)C1. The summed E-state index contributed by atoms with van der Waals surface area (Å²) < 4.78 is 5.56. The molecule has 1 aromatic heterocycles. The summed E-state index contributed by atoms with van der Waals surface area (Å²) in [6.45, 7) is 5.99. The van der Waals surface area contributed by atoms with Gasteiger partial charge < -0.3 is 15.5 Å². The molecule has 1 heterocycles. The zero-order valence-corrected chi connectivity index (χ0v) is 10.3. The van der Waals surface area contributed by atoms with Gasteiger partial charge in [-0.25, -0.2) is 0 Å². The van der Waals surface area contributed by atoms with Gasteiger partial charge in [-0.05, 0) is 36.8 Å². The summed E-state index contributed by atoms with van der Waals surface area (Å²) in [6.07, 6.45) is 3.85. The van der Waals surface area contributed by atoms with Gasteiger partial charge in [-0.3, -0.25) is 0 Å². The molecule has 1 aromatic rings. The van der Waals surface area contributed by atoms with E-state index in [2.05, 4.69) is 19.2 Å². The molecule has 0 aliphatic heterocycles. The van der Waals surface area contributed by atoms with Crippen molar-refractivity contribution in [2.45, 2.75) is 52.2 Å². The fourth-order valence-corrected chi connectivity index (χ4v) is 2.48. The van der Waals surface area contributed by atoms with Gasteiger partial charge in [-0.1, -0.05) is 13.8 Å². The molecule has 1 unspecified atom stereocenters. The Bertz CT molecular complexity index is 343. The van der Waals surface area contributed by atoms with E-state index in [0.717, 1.165) is 18.1 Å². The minimum absolute atomic E-state index is 0.483. The Morgan fingerprint density at radius 1 is 1.44 bits per heavy atom. The van der Waals surface area contributed by atoms with Gasteiger partial charge in [0.1, 0.15) is 11.5 Å². The van der Waals surface area contributed by atoms with Gasteiger partial charge in [-0.2, -0.15) is 0 Å². The first-order valence-electron chi connectivity index (χ1n) is 6.10. The summed E-state index contributed by atoms with van der Waals surface area (Å²) in [7, 11) is 0. The third kappa shape index (κ3) is 2.86. The van der Waals surface area contributed by atoms with Gasteiger partial charge in [0.05, 0.1) is 13.1 Å². The lowest BCUT2D eigenvalue weighted by atomic mass is 9.92. The van der Waals surface area contributed by atoms with Crippen LogP contribution in [0.25, 0.3) is 0 Å². The summed E-state index contributed by atoms with van der Waals surface area (Å²) in [5.74, 6) is 1.86. The summed E-state index contributed by atoms with van der Waals surface area (Å²) >= 11 is 0. The highest BCUT2D eigenvalue weighted by atomic mass is 16.3. The third-order valence-electron chi connectivity index (χ3n) is 3.45. The fraction of sp³-hybridized carbons (Fsp3) is 0.692. The highest BCUT2D eigenvalue weighted by Crippen LogP contribution is 2.36. The molecule has 1 aliphatic carbocycles. The Balaban J connectivity index is 1.80. The molecule has 0 saturated heterocycles. The van der Waals surface area contributed by atoms with Crippen molar-refractivity contribution in [1.82, 2.24) is 5.32 Å². The first kappa shape index (κ1) is 11.7. The van der Waals surface area contributed by atoms with Crippen LogP contribution < -0.4 is 11.1 Å². The molecular weight excluding hydrogens is 200 g/mol. The van der Waals surface area contributed by atoms with Gasteiger partial charge in [0.15, 0.2) is 0 Å². The van der Waals surface area contributed by atoms with E-state index >= 15 is 0 Å². The van der Waals surface area contributed by atoms with Gasteiger partial charge in [0.25, 0.3) is 0 Å². The van der Waals surface area contributed by atoms with Crippen molar-refractivity contribution >= 4 is 0 Å². The molecule has 1 fully saturated rings. The molecule has 0 radical (unpaired) electrons. The quantitative estimate of drug-likeness (QED) is 0.822. The largest absolute Gasteiger partial charge is 0.463 e. The predicted molar refractivity (Wildman–Crippen MR) is 64.9 cm³/mol. The maximum Gasteiger partial charge on any atom is 0.118 e. The smallest absolute Gasteiger partial charge is 0.118 e. The lowest BCUT2D eigenvalue weighted by Crippen LogP contribution is -2.26. The zero-order chi connectivity index (χ0) is 11.6. The first-order chi connectivity index (χ1) is 7.59. The summed E-state index contributed by atoms with van der Waals surface area (Å²) in [5, 5.41) is 3.56. The standard InChI is InChI=1S/C13H22N2O/c1-13(2)6-5-10(7-13)15-9-12-4-3-11(8-14)16-12/h3-4,10,15H,5-9,14H2,1-2H3. The van der Waals surface area contributed by atoms with Crippen LogP contribution in [-0.4, -0.2) is 6.04 Å². The number of hydrogen-bond acceptors (Lipinski definition) is 3. The molecule has 1 aliphatic rings. The Labute approximate surface area is 97.4 Å². The number of furan rings is 1. The van der Waals surface area contributed by atoms with E-state index in [0.29, 0.717) is 18.0 Å². The van der Waals surface area contributed by atoms with Crippen LogP contribution in [0.3, 0.4) is 0 Å². The molecule has 0 amide bonds. The molecule has 0 bridgehead atoms. The highest BCUT2D eigenvalue weighted by Gasteiger charge is 2.30. The topological polar surface area (TPSA) is 51.2 Å².